The van der Waals surface area contributed by atoms with Crippen LogP contribution in [0, 0.1) is 5.82 Å². The van der Waals surface area contributed by atoms with Gasteiger partial charge in [-0.15, -0.1) is 0 Å². The minimum atomic E-state index is -0.164. The average Bonchev–Trinajstić information content (AvgIpc) is 3.05. The first-order chi connectivity index (χ1) is 12.7. The van der Waals surface area contributed by atoms with E-state index < -0.39 is 0 Å². The molecule has 1 aliphatic heterocycles. The van der Waals surface area contributed by atoms with Crippen molar-refractivity contribution in [2.24, 2.45) is 0 Å². The third kappa shape index (κ3) is 3.71. The predicted octanol–water partition coefficient (Wildman–Crippen LogP) is 3.03. The third-order valence-electron chi connectivity index (χ3n) is 4.98. The Balaban J connectivity index is 1.37. The maximum absolute atomic E-state index is 13.3. The van der Waals surface area contributed by atoms with Gasteiger partial charge in [0.15, 0.2) is 0 Å². The van der Waals surface area contributed by atoms with Gasteiger partial charge in [0, 0.05) is 44.7 Å². The molecule has 2 aromatic carbocycles. The largest absolute Gasteiger partial charge is 0.497 e. The molecule has 136 valence electrons. The summed E-state index contributed by atoms with van der Waals surface area (Å²) in [6.45, 7) is 5.57. The zero-order valence-electron chi connectivity index (χ0n) is 14.9. The normalized spacial score (nSPS) is 16.2. The number of fused-ring (bicyclic) bond motifs is 1. The number of methoxy groups -OCH3 is 1. The lowest BCUT2D eigenvalue weighted by Gasteiger charge is -2.34. The van der Waals surface area contributed by atoms with Crippen molar-refractivity contribution in [2.45, 2.75) is 13.1 Å². The van der Waals surface area contributed by atoms with Crippen LogP contribution in [0.5, 0.6) is 5.75 Å². The first-order valence-electron chi connectivity index (χ1n) is 8.91. The molecule has 0 spiro atoms. The third-order valence-corrected chi connectivity index (χ3v) is 4.98. The van der Waals surface area contributed by atoms with Crippen molar-refractivity contribution < 1.29 is 9.13 Å². The molecule has 1 N–H and O–H groups in total. The summed E-state index contributed by atoms with van der Waals surface area (Å²) in [5.41, 5.74) is 3.12. The molecular formula is C20H23FN4O. The Morgan fingerprint density at radius 3 is 2.54 bits per heavy atom. The lowest BCUT2D eigenvalue weighted by molar-refractivity contribution is 0.121. The van der Waals surface area contributed by atoms with E-state index in [0.717, 1.165) is 67.2 Å². The van der Waals surface area contributed by atoms with Crippen LogP contribution in [-0.2, 0) is 13.1 Å². The molecule has 0 radical (unpaired) electrons. The molecule has 2 heterocycles. The summed E-state index contributed by atoms with van der Waals surface area (Å²) in [4.78, 5) is 4.80. The first-order valence-corrected chi connectivity index (χ1v) is 8.91. The number of benzene rings is 2. The van der Waals surface area contributed by atoms with Crippen LogP contribution < -0.4 is 4.74 Å². The molecule has 5 nitrogen and oxygen atoms in total. The number of ether oxygens (including phenoxy) is 1. The van der Waals surface area contributed by atoms with Gasteiger partial charge in [0.05, 0.1) is 18.3 Å². The van der Waals surface area contributed by atoms with Crippen molar-refractivity contribution in [3.8, 4) is 5.75 Å². The fourth-order valence-corrected chi connectivity index (χ4v) is 3.51. The minimum Gasteiger partial charge on any atom is -0.497 e. The number of aromatic amines is 1. The molecule has 6 heteroatoms. The quantitative estimate of drug-likeness (QED) is 0.765. The van der Waals surface area contributed by atoms with Gasteiger partial charge in [0.2, 0.25) is 0 Å². The van der Waals surface area contributed by atoms with E-state index in [9.17, 15) is 4.39 Å². The number of hydrogen-bond donors (Lipinski definition) is 1. The van der Waals surface area contributed by atoms with E-state index >= 15 is 0 Å². The predicted molar refractivity (Wildman–Crippen MR) is 99.6 cm³/mol. The van der Waals surface area contributed by atoms with Crippen LogP contribution in [0.25, 0.3) is 10.9 Å². The van der Waals surface area contributed by atoms with Crippen LogP contribution in [0.4, 0.5) is 4.39 Å². The number of hydrogen-bond acceptors (Lipinski definition) is 4. The lowest BCUT2D eigenvalue weighted by atomic mass is 10.1. The van der Waals surface area contributed by atoms with Gasteiger partial charge in [-0.2, -0.15) is 5.10 Å². The molecule has 1 saturated heterocycles. The Hall–Kier alpha value is -2.44. The average molecular weight is 354 g/mol. The van der Waals surface area contributed by atoms with E-state index in [1.54, 1.807) is 19.2 Å². The van der Waals surface area contributed by atoms with Gasteiger partial charge in [-0.1, -0.05) is 12.1 Å². The maximum atomic E-state index is 13.3. The number of H-pyrrole nitrogens is 1. The summed E-state index contributed by atoms with van der Waals surface area (Å²) in [6.07, 6.45) is 0. The highest BCUT2D eigenvalue weighted by molar-refractivity contribution is 5.82. The smallest absolute Gasteiger partial charge is 0.123 e. The van der Waals surface area contributed by atoms with E-state index in [2.05, 4.69) is 20.0 Å². The Bertz CT molecular complexity index is 886. The summed E-state index contributed by atoms with van der Waals surface area (Å²) in [5.74, 6) is 0.683. The summed E-state index contributed by atoms with van der Waals surface area (Å²) in [7, 11) is 1.68. The van der Waals surface area contributed by atoms with Gasteiger partial charge < -0.3 is 4.74 Å². The number of nitrogens with one attached hydrogen (secondary N) is 1. The fraction of sp³-hybridized carbons (Fsp3) is 0.350. The van der Waals surface area contributed by atoms with Crippen molar-refractivity contribution in [3.63, 3.8) is 0 Å². The monoisotopic (exact) mass is 354 g/mol. The van der Waals surface area contributed by atoms with E-state index in [4.69, 9.17) is 4.74 Å². The Labute approximate surface area is 152 Å². The molecule has 1 aromatic heterocycles. The molecule has 0 saturated carbocycles. The maximum Gasteiger partial charge on any atom is 0.123 e. The lowest BCUT2D eigenvalue weighted by Crippen LogP contribution is -2.45. The van der Waals surface area contributed by atoms with Gasteiger partial charge in [0.25, 0.3) is 0 Å². The second-order valence-electron chi connectivity index (χ2n) is 6.77. The van der Waals surface area contributed by atoms with Gasteiger partial charge in [-0.25, -0.2) is 4.39 Å². The zero-order valence-corrected chi connectivity index (χ0v) is 14.9. The molecule has 4 rings (SSSR count). The van der Waals surface area contributed by atoms with Crippen LogP contribution >= 0.6 is 0 Å². The molecule has 1 fully saturated rings. The molecule has 1 aliphatic rings. The van der Waals surface area contributed by atoms with Gasteiger partial charge in [-0.05, 0) is 35.9 Å². The highest BCUT2D eigenvalue weighted by Gasteiger charge is 2.19. The van der Waals surface area contributed by atoms with Gasteiger partial charge >= 0.3 is 0 Å². The van der Waals surface area contributed by atoms with E-state index in [-0.39, 0.29) is 5.82 Å². The first kappa shape index (κ1) is 17.0. The Kier molecular flexibility index (Phi) is 4.86. The number of halogens is 1. The molecule has 3 aromatic rings. The molecule has 0 amide bonds. The molecular weight excluding hydrogens is 331 g/mol. The highest BCUT2D eigenvalue weighted by Crippen LogP contribution is 2.23. The fourth-order valence-electron chi connectivity index (χ4n) is 3.51. The van der Waals surface area contributed by atoms with Crippen molar-refractivity contribution in [2.75, 3.05) is 33.3 Å². The molecule has 0 atom stereocenters. The standard InChI is InChI=1S/C20H23FN4O/c1-26-17-5-6-19-18(12-17)20(23-22-19)14-25-9-7-24(8-10-25)13-15-3-2-4-16(21)11-15/h2-6,11-12H,7-10,13-14H2,1H3,(H,22,23). The summed E-state index contributed by atoms with van der Waals surface area (Å²) < 4.78 is 18.7. The number of piperazine rings is 1. The highest BCUT2D eigenvalue weighted by atomic mass is 19.1. The number of aromatic nitrogens is 2. The summed E-state index contributed by atoms with van der Waals surface area (Å²) in [5, 5.41) is 8.67. The van der Waals surface area contributed by atoms with Gasteiger partial charge in [-0.3, -0.25) is 14.9 Å². The second kappa shape index (κ2) is 7.43. The molecule has 0 unspecified atom stereocenters. The van der Waals surface area contributed by atoms with Gasteiger partial charge in [0.1, 0.15) is 11.6 Å². The topological polar surface area (TPSA) is 44.4 Å². The van der Waals surface area contributed by atoms with Crippen LogP contribution in [0.3, 0.4) is 0 Å². The minimum absolute atomic E-state index is 0.164. The SMILES string of the molecule is COc1ccc2n[nH]c(CN3CCN(Cc4cccc(F)c4)CC3)c2c1. The molecule has 26 heavy (non-hydrogen) atoms. The zero-order chi connectivity index (χ0) is 17.9. The van der Waals surface area contributed by atoms with Crippen molar-refractivity contribution in [1.29, 1.82) is 0 Å². The van der Waals surface area contributed by atoms with E-state index in [0.29, 0.717) is 0 Å². The molecule has 0 aliphatic carbocycles. The van der Waals surface area contributed by atoms with Crippen LogP contribution in [0.2, 0.25) is 0 Å². The van der Waals surface area contributed by atoms with Crippen LogP contribution in [0.15, 0.2) is 42.5 Å². The number of rotatable bonds is 5. The van der Waals surface area contributed by atoms with E-state index in [1.165, 1.54) is 6.07 Å². The Morgan fingerprint density at radius 1 is 1.04 bits per heavy atom. The van der Waals surface area contributed by atoms with Crippen molar-refractivity contribution in [1.82, 2.24) is 20.0 Å². The van der Waals surface area contributed by atoms with Crippen LogP contribution in [0.1, 0.15) is 11.3 Å². The van der Waals surface area contributed by atoms with E-state index in [1.807, 2.05) is 24.3 Å². The summed E-state index contributed by atoms with van der Waals surface area (Å²) >= 11 is 0. The van der Waals surface area contributed by atoms with Crippen LogP contribution in [-0.4, -0.2) is 53.3 Å². The van der Waals surface area contributed by atoms with Crippen molar-refractivity contribution in [3.05, 3.63) is 59.5 Å². The summed E-state index contributed by atoms with van der Waals surface area (Å²) in [6, 6.07) is 12.8. The Morgan fingerprint density at radius 2 is 1.81 bits per heavy atom. The van der Waals surface area contributed by atoms with Crippen molar-refractivity contribution >= 4 is 10.9 Å². The molecule has 0 bridgehead atoms. The second-order valence-corrected chi connectivity index (χ2v) is 6.77. The number of nitrogens with zero attached hydrogens (tertiary/aromatic N) is 3.